The lowest BCUT2D eigenvalue weighted by atomic mass is 9.91. The molecule has 0 amide bonds. The Kier molecular flexibility index (Phi) is 4.53. The molecule has 1 aromatic rings. The van der Waals surface area contributed by atoms with E-state index in [0.717, 1.165) is 24.2 Å². The maximum Gasteiger partial charge on any atom is 0.211 e. The largest absolute Gasteiger partial charge is 0.294 e. The van der Waals surface area contributed by atoms with E-state index in [4.69, 9.17) is 0 Å². The Balaban J connectivity index is 2.09. The van der Waals surface area contributed by atoms with Gasteiger partial charge in [-0.25, -0.2) is 12.7 Å². The number of sulfonamides is 1. The number of aromatic nitrogens is 2. The molecule has 1 aliphatic heterocycles. The van der Waals surface area contributed by atoms with Crippen molar-refractivity contribution in [2.24, 2.45) is 13.0 Å². The fourth-order valence-corrected chi connectivity index (χ4v) is 3.98. The Labute approximate surface area is 126 Å². The van der Waals surface area contributed by atoms with Crippen LogP contribution in [0, 0.1) is 19.8 Å². The zero-order valence-electron chi connectivity index (χ0n) is 13.1. The van der Waals surface area contributed by atoms with Crippen LogP contribution in [-0.4, -0.2) is 47.6 Å². The molecule has 1 atom stereocenters. The highest BCUT2D eigenvalue weighted by molar-refractivity contribution is 7.88. The number of hydrogen-bond donors (Lipinski definition) is 0. The van der Waals surface area contributed by atoms with Crippen molar-refractivity contribution in [1.29, 1.82) is 0 Å². The van der Waals surface area contributed by atoms with Gasteiger partial charge in [-0.2, -0.15) is 5.10 Å². The Morgan fingerprint density at radius 3 is 2.57 bits per heavy atom. The number of nitrogens with zero attached hydrogens (tertiary/aromatic N) is 3. The van der Waals surface area contributed by atoms with Crippen LogP contribution in [-0.2, 0) is 17.1 Å². The third-order valence-corrected chi connectivity index (χ3v) is 5.48. The van der Waals surface area contributed by atoms with E-state index in [9.17, 15) is 13.2 Å². The SMILES string of the molecule is Cc1nn(C)c(C)c1C(=O)CC1CCCN(S(C)(=O)=O)C1. The second-order valence-corrected chi connectivity index (χ2v) is 7.91. The molecule has 2 rings (SSSR count). The fraction of sp³-hybridized carbons (Fsp3) is 0.714. The summed E-state index contributed by atoms with van der Waals surface area (Å²) < 4.78 is 26.5. The number of carbonyl (C=O) groups excluding carboxylic acids is 1. The molecule has 0 aromatic carbocycles. The van der Waals surface area contributed by atoms with Gasteiger partial charge in [0.1, 0.15) is 0 Å². The summed E-state index contributed by atoms with van der Waals surface area (Å²) in [7, 11) is -1.34. The summed E-state index contributed by atoms with van der Waals surface area (Å²) in [5, 5.41) is 4.27. The lowest BCUT2D eigenvalue weighted by molar-refractivity contribution is 0.0941. The highest BCUT2D eigenvalue weighted by Gasteiger charge is 2.28. The maximum atomic E-state index is 12.5. The third kappa shape index (κ3) is 3.52. The van der Waals surface area contributed by atoms with Gasteiger partial charge in [0.05, 0.1) is 17.5 Å². The second-order valence-electron chi connectivity index (χ2n) is 5.93. The van der Waals surface area contributed by atoms with Gasteiger partial charge >= 0.3 is 0 Å². The van der Waals surface area contributed by atoms with Crippen LogP contribution in [0.15, 0.2) is 0 Å². The number of ketones is 1. The third-order valence-electron chi connectivity index (χ3n) is 4.21. The van der Waals surface area contributed by atoms with Crippen LogP contribution in [0.3, 0.4) is 0 Å². The van der Waals surface area contributed by atoms with E-state index in [1.165, 1.54) is 10.6 Å². The van der Waals surface area contributed by atoms with E-state index in [2.05, 4.69) is 5.10 Å². The van der Waals surface area contributed by atoms with Gasteiger partial charge in [0.2, 0.25) is 10.0 Å². The molecular formula is C14H23N3O3S. The summed E-state index contributed by atoms with van der Waals surface area (Å²) in [5.41, 5.74) is 2.30. The maximum absolute atomic E-state index is 12.5. The Bertz CT molecular complexity index is 649. The molecule has 1 saturated heterocycles. The lowest BCUT2D eigenvalue weighted by Gasteiger charge is -2.30. The summed E-state index contributed by atoms with van der Waals surface area (Å²) in [6.45, 7) is 4.73. The Hall–Kier alpha value is -1.21. The zero-order chi connectivity index (χ0) is 15.8. The van der Waals surface area contributed by atoms with Crippen LogP contribution >= 0.6 is 0 Å². The molecule has 1 fully saturated rings. The van der Waals surface area contributed by atoms with Crippen molar-refractivity contribution in [2.45, 2.75) is 33.1 Å². The molecule has 0 spiro atoms. The van der Waals surface area contributed by atoms with Crippen LogP contribution in [0.5, 0.6) is 0 Å². The predicted octanol–water partition coefficient (Wildman–Crippen LogP) is 1.28. The number of carbonyl (C=O) groups is 1. The zero-order valence-corrected chi connectivity index (χ0v) is 13.9. The first-order chi connectivity index (χ1) is 9.70. The molecule has 1 aromatic heterocycles. The highest BCUT2D eigenvalue weighted by Crippen LogP contribution is 2.24. The minimum absolute atomic E-state index is 0.0680. The first kappa shape index (κ1) is 16.2. The molecule has 118 valence electrons. The van der Waals surface area contributed by atoms with Crippen LogP contribution in [0.1, 0.15) is 41.0 Å². The van der Waals surface area contributed by atoms with E-state index < -0.39 is 10.0 Å². The number of piperidine rings is 1. The Morgan fingerprint density at radius 1 is 1.38 bits per heavy atom. The first-order valence-electron chi connectivity index (χ1n) is 7.18. The summed E-state index contributed by atoms with van der Waals surface area (Å²) in [6.07, 6.45) is 3.33. The molecule has 2 heterocycles. The highest BCUT2D eigenvalue weighted by atomic mass is 32.2. The summed E-state index contributed by atoms with van der Waals surface area (Å²) >= 11 is 0. The summed E-state index contributed by atoms with van der Waals surface area (Å²) in [6, 6.07) is 0. The van der Waals surface area contributed by atoms with Crippen LogP contribution < -0.4 is 0 Å². The second kappa shape index (κ2) is 5.88. The van der Waals surface area contributed by atoms with E-state index in [1.54, 1.807) is 4.68 Å². The van der Waals surface area contributed by atoms with Gasteiger partial charge in [0.15, 0.2) is 5.78 Å². The van der Waals surface area contributed by atoms with Crippen molar-refractivity contribution in [1.82, 2.24) is 14.1 Å². The molecule has 6 nitrogen and oxygen atoms in total. The van der Waals surface area contributed by atoms with E-state index in [-0.39, 0.29) is 11.7 Å². The summed E-state index contributed by atoms with van der Waals surface area (Å²) in [5.74, 6) is 0.165. The van der Waals surface area contributed by atoms with Gasteiger partial charge in [-0.05, 0) is 32.6 Å². The van der Waals surface area contributed by atoms with Crippen LogP contribution in [0.25, 0.3) is 0 Å². The Morgan fingerprint density at radius 2 is 2.05 bits per heavy atom. The molecule has 0 aliphatic carbocycles. The monoisotopic (exact) mass is 313 g/mol. The molecule has 0 radical (unpaired) electrons. The van der Waals surface area contributed by atoms with E-state index >= 15 is 0 Å². The number of rotatable bonds is 4. The van der Waals surface area contributed by atoms with Gasteiger partial charge in [-0.3, -0.25) is 9.48 Å². The van der Waals surface area contributed by atoms with Crippen molar-refractivity contribution in [3.05, 3.63) is 17.0 Å². The minimum atomic E-state index is -3.17. The van der Waals surface area contributed by atoms with Gasteiger partial charge < -0.3 is 0 Å². The summed E-state index contributed by atoms with van der Waals surface area (Å²) in [4.78, 5) is 12.5. The predicted molar refractivity (Wildman–Crippen MR) is 80.8 cm³/mol. The quantitative estimate of drug-likeness (QED) is 0.785. The fourth-order valence-electron chi connectivity index (χ4n) is 3.04. The molecule has 1 unspecified atom stereocenters. The first-order valence-corrected chi connectivity index (χ1v) is 9.03. The number of Topliss-reactive ketones (excluding diaryl/α,β-unsaturated/α-hetero) is 1. The van der Waals surface area contributed by atoms with Crippen molar-refractivity contribution in [3.8, 4) is 0 Å². The molecule has 0 bridgehead atoms. The molecule has 7 heteroatoms. The van der Waals surface area contributed by atoms with Gasteiger partial charge in [0, 0.05) is 32.3 Å². The van der Waals surface area contributed by atoms with E-state index in [0.29, 0.717) is 25.1 Å². The van der Waals surface area contributed by atoms with Crippen LogP contribution in [0.4, 0.5) is 0 Å². The van der Waals surface area contributed by atoms with Crippen molar-refractivity contribution < 1.29 is 13.2 Å². The van der Waals surface area contributed by atoms with Crippen LogP contribution in [0.2, 0.25) is 0 Å². The average Bonchev–Trinajstić information content (AvgIpc) is 2.62. The standard InChI is InChI=1S/C14H23N3O3S/c1-10-14(11(2)16(3)15-10)13(18)8-12-6-5-7-17(9-12)21(4,19)20/h12H,5-9H2,1-4H3. The smallest absolute Gasteiger partial charge is 0.211 e. The van der Waals surface area contributed by atoms with Gasteiger partial charge in [-0.15, -0.1) is 0 Å². The van der Waals surface area contributed by atoms with Crippen molar-refractivity contribution >= 4 is 15.8 Å². The molecule has 0 N–H and O–H groups in total. The normalized spacial score (nSPS) is 20.7. The molecule has 1 aliphatic rings. The molecule has 0 saturated carbocycles. The van der Waals surface area contributed by atoms with Crippen molar-refractivity contribution in [3.63, 3.8) is 0 Å². The molecule has 21 heavy (non-hydrogen) atoms. The minimum Gasteiger partial charge on any atom is -0.294 e. The average molecular weight is 313 g/mol. The number of hydrogen-bond acceptors (Lipinski definition) is 4. The topological polar surface area (TPSA) is 72.3 Å². The molecular weight excluding hydrogens is 290 g/mol. The van der Waals surface area contributed by atoms with Crippen molar-refractivity contribution in [2.75, 3.05) is 19.3 Å². The lowest BCUT2D eigenvalue weighted by Crippen LogP contribution is -2.39. The van der Waals surface area contributed by atoms with E-state index in [1.807, 2.05) is 20.9 Å². The number of aryl methyl sites for hydroxylation is 2. The van der Waals surface area contributed by atoms with Gasteiger partial charge in [0.25, 0.3) is 0 Å². The van der Waals surface area contributed by atoms with Gasteiger partial charge in [-0.1, -0.05) is 0 Å².